The zero-order valence-electron chi connectivity index (χ0n) is 26.6. The molecule has 8 N–H and O–H groups in total. The fourth-order valence-electron chi connectivity index (χ4n) is 4.62. The second kappa shape index (κ2) is 18.1. The van der Waals surface area contributed by atoms with E-state index >= 15 is 0 Å². The number of carboxylic acid groups (broad SMARTS) is 2. The molecule has 1 aliphatic heterocycles. The molecule has 0 bridgehead atoms. The van der Waals surface area contributed by atoms with Crippen LogP contribution >= 0.6 is 0 Å². The number of aliphatic carboxylic acids is 2. The molecule has 6 atom stereocenters. The Labute approximate surface area is 258 Å². The predicted molar refractivity (Wildman–Crippen MR) is 160 cm³/mol. The highest BCUT2D eigenvalue weighted by atomic mass is 16.4. The van der Waals surface area contributed by atoms with E-state index in [4.69, 9.17) is 5.73 Å². The number of hydrogen-bond donors (Lipinski definition) is 7. The lowest BCUT2D eigenvalue weighted by Crippen LogP contribution is -2.60. The van der Waals surface area contributed by atoms with Crippen molar-refractivity contribution in [2.24, 2.45) is 23.5 Å². The number of nitrogens with zero attached hydrogens (tertiary/aromatic N) is 1. The van der Waals surface area contributed by atoms with E-state index in [1.54, 1.807) is 41.5 Å². The van der Waals surface area contributed by atoms with Crippen molar-refractivity contribution >= 4 is 41.5 Å². The third-order valence-corrected chi connectivity index (χ3v) is 7.62. The summed E-state index contributed by atoms with van der Waals surface area (Å²) in [6.07, 6.45) is 0.702. The number of nitrogens with one attached hydrogen (secondary N) is 4. The Morgan fingerprint density at radius 1 is 0.727 bits per heavy atom. The minimum absolute atomic E-state index is 0.0566. The molecule has 44 heavy (non-hydrogen) atoms. The van der Waals surface area contributed by atoms with E-state index in [0.29, 0.717) is 19.5 Å². The molecule has 0 aliphatic carbocycles. The molecule has 0 saturated carbocycles. The van der Waals surface area contributed by atoms with Gasteiger partial charge < -0.3 is 42.1 Å². The van der Waals surface area contributed by atoms with Gasteiger partial charge in [0.2, 0.25) is 29.5 Å². The Hall–Kier alpha value is -3.75. The van der Waals surface area contributed by atoms with E-state index in [2.05, 4.69) is 21.3 Å². The predicted octanol–water partition coefficient (Wildman–Crippen LogP) is -0.427. The summed E-state index contributed by atoms with van der Waals surface area (Å²) in [4.78, 5) is 90.5. The molecule has 15 nitrogen and oxygen atoms in total. The molecule has 0 radical (unpaired) electrons. The molecule has 1 saturated heterocycles. The van der Waals surface area contributed by atoms with Crippen LogP contribution in [0.1, 0.15) is 80.1 Å². The first kappa shape index (κ1) is 38.3. The van der Waals surface area contributed by atoms with Crippen LogP contribution in [0.25, 0.3) is 0 Å². The van der Waals surface area contributed by atoms with E-state index in [0.717, 1.165) is 12.8 Å². The Bertz CT molecular complexity index is 1040. The number of nitrogens with two attached hydrogens (primary N) is 1. The third-order valence-electron chi connectivity index (χ3n) is 7.62. The quantitative estimate of drug-likeness (QED) is 0.104. The standard InChI is InChI=1S/C29H50N6O9/c1-7-17(6)24(34-27(41)23(30)16(4)5)28(42)32-18(13-21(36)35-10-8-9-11-35)25(39)31-19(14-22(37)38)26(40)33-20(29(43)44)12-15(2)3/h15-20,23-24H,7-14,30H2,1-6H3,(H,31,39)(H,32,42)(H,33,40)(H,34,41)(H,37,38)(H,43,44). The highest BCUT2D eigenvalue weighted by Gasteiger charge is 2.36. The molecule has 1 heterocycles. The lowest BCUT2D eigenvalue weighted by atomic mass is 9.96. The van der Waals surface area contributed by atoms with Gasteiger partial charge in [0.05, 0.1) is 18.9 Å². The summed E-state index contributed by atoms with van der Waals surface area (Å²) in [5.41, 5.74) is 5.96. The van der Waals surface area contributed by atoms with Crippen LogP contribution in [0.3, 0.4) is 0 Å². The van der Waals surface area contributed by atoms with Gasteiger partial charge >= 0.3 is 11.9 Å². The Kier molecular flexibility index (Phi) is 15.8. The van der Waals surface area contributed by atoms with Gasteiger partial charge in [0.25, 0.3) is 0 Å². The van der Waals surface area contributed by atoms with E-state index in [1.165, 1.54) is 4.90 Å². The van der Waals surface area contributed by atoms with Crippen molar-refractivity contribution < 1.29 is 43.8 Å². The lowest BCUT2D eigenvalue weighted by Gasteiger charge is -2.29. The van der Waals surface area contributed by atoms with Gasteiger partial charge in [-0.3, -0.25) is 28.8 Å². The molecule has 15 heteroatoms. The van der Waals surface area contributed by atoms with Crippen LogP contribution in [0.15, 0.2) is 0 Å². The van der Waals surface area contributed by atoms with Crippen molar-refractivity contribution in [2.45, 2.75) is 110 Å². The minimum atomic E-state index is -1.70. The topological polar surface area (TPSA) is 237 Å². The molecule has 1 rings (SSSR count). The van der Waals surface area contributed by atoms with Crippen molar-refractivity contribution in [1.29, 1.82) is 0 Å². The van der Waals surface area contributed by atoms with Crippen molar-refractivity contribution in [2.75, 3.05) is 13.1 Å². The summed E-state index contributed by atoms with van der Waals surface area (Å²) < 4.78 is 0. The fraction of sp³-hybridized carbons (Fsp3) is 0.759. The molecule has 0 spiro atoms. The van der Waals surface area contributed by atoms with Crippen molar-refractivity contribution in [1.82, 2.24) is 26.2 Å². The van der Waals surface area contributed by atoms with Gasteiger partial charge in [0.1, 0.15) is 24.2 Å². The van der Waals surface area contributed by atoms with Crippen molar-refractivity contribution in [3.8, 4) is 0 Å². The maximum Gasteiger partial charge on any atom is 0.326 e. The average molecular weight is 627 g/mol. The molecular formula is C29H50N6O9. The highest BCUT2D eigenvalue weighted by molar-refractivity contribution is 5.98. The first-order chi connectivity index (χ1) is 20.5. The number of carboxylic acids is 2. The monoisotopic (exact) mass is 626 g/mol. The van der Waals surface area contributed by atoms with E-state index in [9.17, 15) is 43.8 Å². The highest BCUT2D eigenvalue weighted by Crippen LogP contribution is 2.14. The van der Waals surface area contributed by atoms with Gasteiger partial charge in [-0.15, -0.1) is 0 Å². The van der Waals surface area contributed by atoms with Gasteiger partial charge in [0.15, 0.2) is 0 Å². The zero-order valence-corrected chi connectivity index (χ0v) is 26.6. The number of carbonyl (C=O) groups excluding carboxylic acids is 5. The Morgan fingerprint density at radius 3 is 1.68 bits per heavy atom. The normalized spacial score (nSPS) is 17.2. The van der Waals surface area contributed by atoms with E-state index in [1.807, 2.05) is 0 Å². The third kappa shape index (κ3) is 12.5. The molecule has 1 aliphatic rings. The van der Waals surface area contributed by atoms with Crippen LogP contribution in [0.2, 0.25) is 0 Å². The molecule has 250 valence electrons. The van der Waals surface area contributed by atoms with Crippen LogP contribution < -0.4 is 27.0 Å². The minimum Gasteiger partial charge on any atom is -0.481 e. The van der Waals surface area contributed by atoms with Gasteiger partial charge in [-0.05, 0) is 37.0 Å². The molecule has 0 aromatic carbocycles. The summed E-state index contributed by atoms with van der Waals surface area (Å²) in [7, 11) is 0. The van der Waals surface area contributed by atoms with E-state index < -0.39 is 90.4 Å². The van der Waals surface area contributed by atoms with Crippen LogP contribution in [-0.2, 0) is 33.6 Å². The number of rotatable bonds is 18. The second-order valence-corrected chi connectivity index (χ2v) is 12.2. The summed E-state index contributed by atoms with van der Waals surface area (Å²) in [5.74, 6) is -7.33. The molecule has 1 fully saturated rings. The lowest BCUT2D eigenvalue weighted by molar-refractivity contribution is -0.144. The maximum atomic E-state index is 13.5. The average Bonchev–Trinajstić information content (AvgIpc) is 3.48. The molecule has 6 unspecified atom stereocenters. The zero-order chi connectivity index (χ0) is 33.7. The van der Waals surface area contributed by atoms with Crippen LogP contribution in [0.4, 0.5) is 0 Å². The van der Waals surface area contributed by atoms with Gasteiger partial charge in [-0.1, -0.05) is 48.0 Å². The number of hydrogen-bond acceptors (Lipinski definition) is 8. The number of likely N-dealkylation sites (tertiary alicyclic amines) is 1. The van der Waals surface area contributed by atoms with Crippen LogP contribution in [0.5, 0.6) is 0 Å². The summed E-state index contributed by atoms with van der Waals surface area (Å²) in [5, 5.41) is 28.6. The SMILES string of the molecule is CCC(C)C(NC(=O)C(N)C(C)C)C(=O)NC(CC(=O)N1CCCC1)C(=O)NC(CC(=O)O)C(=O)NC(CC(C)C)C(=O)O. The molecule has 5 amide bonds. The summed E-state index contributed by atoms with van der Waals surface area (Å²) >= 11 is 0. The van der Waals surface area contributed by atoms with Crippen molar-refractivity contribution in [3.05, 3.63) is 0 Å². The first-order valence-electron chi connectivity index (χ1n) is 15.2. The second-order valence-electron chi connectivity index (χ2n) is 12.2. The summed E-state index contributed by atoms with van der Waals surface area (Å²) in [6.45, 7) is 11.4. The van der Waals surface area contributed by atoms with Crippen LogP contribution in [-0.4, -0.2) is 99.9 Å². The molecule has 0 aromatic heterocycles. The Morgan fingerprint density at radius 2 is 1.23 bits per heavy atom. The smallest absolute Gasteiger partial charge is 0.326 e. The number of carbonyl (C=O) groups is 7. The first-order valence-corrected chi connectivity index (χ1v) is 15.2. The van der Waals surface area contributed by atoms with E-state index in [-0.39, 0.29) is 18.3 Å². The van der Waals surface area contributed by atoms with Crippen molar-refractivity contribution in [3.63, 3.8) is 0 Å². The van der Waals surface area contributed by atoms with Gasteiger partial charge in [-0.2, -0.15) is 0 Å². The largest absolute Gasteiger partial charge is 0.481 e. The summed E-state index contributed by atoms with van der Waals surface area (Å²) in [6, 6.07) is -6.58. The fourth-order valence-corrected chi connectivity index (χ4v) is 4.62. The Balaban J connectivity index is 3.29. The number of amides is 5. The van der Waals surface area contributed by atoms with Crippen LogP contribution in [0, 0.1) is 17.8 Å². The molecule has 0 aromatic rings. The van der Waals surface area contributed by atoms with Gasteiger partial charge in [-0.25, -0.2) is 4.79 Å². The maximum absolute atomic E-state index is 13.5. The molecular weight excluding hydrogens is 576 g/mol. The van der Waals surface area contributed by atoms with Gasteiger partial charge in [0, 0.05) is 13.1 Å².